The highest BCUT2D eigenvalue weighted by molar-refractivity contribution is 7.99. The number of halogens is 1. The standard InChI is InChI=1S/C9H15ClN2O2S/c1-15-7-3-2-4-12(6-7)9(14)11-8(13)5-10/h7H,2-6H2,1H3,(H,11,13,14). The molecule has 6 heteroatoms. The quantitative estimate of drug-likeness (QED) is 0.752. The summed E-state index contributed by atoms with van der Waals surface area (Å²) in [4.78, 5) is 24.2. The maximum atomic E-state index is 11.6. The Balaban J connectivity index is 2.41. The second-order valence-corrected chi connectivity index (χ2v) is 4.84. The van der Waals surface area contributed by atoms with Crippen molar-refractivity contribution in [2.24, 2.45) is 0 Å². The molecule has 0 aromatic carbocycles. The molecule has 1 rings (SSSR count). The summed E-state index contributed by atoms with van der Waals surface area (Å²) in [5.74, 6) is -0.612. The van der Waals surface area contributed by atoms with E-state index in [0.717, 1.165) is 19.4 Å². The summed E-state index contributed by atoms with van der Waals surface area (Å²) in [5.41, 5.74) is 0. The zero-order valence-corrected chi connectivity index (χ0v) is 10.2. The van der Waals surface area contributed by atoms with Gasteiger partial charge >= 0.3 is 6.03 Å². The van der Waals surface area contributed by atoms with Gasteiger partial charge in [0.2, 0.25) is 5.91 Å². The summed E-state index contributed by atoms with van der Waals surface area (Å²) >= 11 is 7.06. The van der Waals surface area contributed by atoms with Crippen LogP contribution in [0, 0.1) is 0 Å². The molecule has 0 aromatic heterocycles. The summed E-state index contributed by atoms with van der Waals surface area (Å²) in [6, 6.07) is -0.320. The fraction of sp³-hybridized carbons (Fsp3) is 0.778. The first kappa shape index (κ1) is 12.6. The van der Waals surface area contributed by atoms with Crippen LogP contribution < -0.4 is 5.32 Å². The van der Waals surface area contributed by atoms with Gasteiger partial charge in [0.25, 0.3) is 0 Å². The predicted octanol–water partition coefficient (Wildman–Crippen LogP) is 1.29. The van der Waals surface area contributed by atoms with Gasteiger partial charge in [0, 0.05) is 18.3 Å². The van der Waals surface area contributed by atoms with Crippen LogP contribution in [-0.4, -0.2) is 47.3 Å². The largest absolute Gasteiger partial charge is 0.324 e. The molecule has 4 nitrogen and oxygen atoms in total. The number of piperidine rings is 1. The van der Waals surface area contributed by atoms with Crippen molar-refractivity contribution in [1.82, 2.24) is 10.2 Å². The van der Waals surface area contributed by atoms with Crippen molar-refractivity contribution in [3.05, 3.63) is 0 Å². The van der Waals surface area contributed by atoms with Crippen LogP contribution in [0.3, 0.4) is 0 Å². The number of rotatable bonds is 2. The molecule has 15 heavy (non-hydrogen) atoms. The highest BCUT2D eigenvalue weighted by atomic mass is 35.5. The molecular weight excluding hydrogens is 236 g/mol. The van der Waals surface area contributed by atoms with Gasteiger partial charge in [0.1, 0.15) is 5.88 Å². The molecule has 0 bridgehead atoms. The first-order valence-electron chi connectivity index (χ1n) is 4.85. The first-order valence-corrected chi connectivity index (χ1v) is 6.67. The summed E-state index contributed by atoms with van der Waals surface area (Å²) < 4.78 is 0. The van der Waals surface area contributed by atoms with Crippen LogP contribution in [0.15, 0.2) is 0 Å². The zero-order chi connectivity index (χ0) is 11.3. The van der Waals surface area contributed by atoms with Gasteiger partial charge in [0.15, 0.2) is 0 Å². The Morgan fingerprint density at radius 3 is 2.93 bits per heavy atom. The van der Waals surface area contributed by atoms with Crippen molar-refractivity contribution >= 4 is 35.3 Å². The van der Waals surface area contributed by atoms with E-state index in [1.165, 1.54) is 0 Å². The number of likely N-dealkylation sites (tertiary alicyclic amines) is 1. The molecule has 1 unspecified atom stereocenters. The number of urea groups is 1. The summed E-state index contributed by atoms with van der Waals surface area (Å²) in [7, 11) is 0. The Kier molecular flexibility index (Phi) is 5.25. The van der Waals surface area contributed by atoms with E-state index in [9.17, 15) is 9.59 Å². The number of carbonyl (C=O) groups is 2. The third kappa shape index (κ3) is 3.91. The van der Waals surface area contributed by atoms with Crippen molar-refractivity contribution in [2.45, 2.75) is 18.1 Å². The molecule has 1 saturated heterocycles. The Morgan fingerprint density at radius 2 is 2.33 bits per heavy atom. The summed E-state index contributed by atoms with van der Waals surface area (Å²) in [6.45, 7) is 1.43. The number of nitrogens with zero attached hydrogens (tertiary/aromatic N) is 1. The monoisotopic (exact) mass is 250 g/mol. The lowest BCUT2D eigenvalue weighted by Crippen LogP contribution is -2.48. The predicted molar refractivity (Wildman–Crippen MR) is 62.4 cm³/mol. The molecule has 0 aliphatic carbocycles. The Hall–Kier alpha value is -0.420. The van der Waals surface area contributed by atoms with Crippen molar-refractivity contribution in [3.8, 4) is 0 Å². The van der Waals surface area contributed by atoms with E-state index in [-0.39, 0.29) is 11.9 Å². The zero-order valence-electron chi connectivity index (χ0n) is 8.66. The molecule has 1 aliphatic heterocycles. The number of hydrogen-bond donors (Lipinski definition) is 1. The topological polar surface area (TPSA) is 49.4 Å². The van der Waals surface area contributed by atoms with Crippen molar-refractivity contribution < 1.29 is 9.59 Å². The van der Waals surface area contributed by atoms with E-state index < -0.39 is 5.91 Å². The van der Waals surface area contributed by atoms with Gasteiger partial charge in [-0.15, -0.1) is 11.6 Å². The molecule has 1 aliphatic rings. The normalized spacial score (nSPS) is 21.2. The molecule has 3 amide bonds. The number of alkyl halides is 1. The minimum atomic E-state index is -0.437. The third-order valence-corrected chi connectivity index (χ3v) is 3.66. The minimum Gasteiger partial charge on any atom is -0.323 e. The van der Waals surface area contributed by atoms with Gasteiger partial charge in [-0.2, -0.15) is 11.8 Å². The number of amides is 3. The lowest BCUT2D eigenvalue weighted by Gasteiger charge is -2.31. The summed E-state index contributed by atoms with van der Waals surface area (Å²) in [6.07, 6.45) is 4.17. The van der Waals surface area contributed by atoms with Crippen LogP contribution in [0.25, 0.3) is 0 Å². The molecule has 1 atom stereocenters. The number of nitrogens with one attached hydrogen (secondary N) is 1. The van der Waals surface area contributed by atoms with Crippen LogP contribution in [0.1, 0.15) is 12.8 Å². The molecule has 86 valence electrons. The molecule has 1 heterocycles. The Morgan fingerprint density at radius 1 is 1.60 bits per heavy atom. The SMILES string of the molecule is CSC1CCCN(C(=O)NC(=O)CCl)C1. The average molecular weight is 251 g/mol. The average Bonchev–Trinajstić information content (AvgIpc) is 2.28. The van der Waals surface area contributed by atoms with E-state index in [2.05, 4.69) is 5.32 Å². The highest BCUT2D eigenvalue weighted by Crippen LogP contribution is 2.19. The Bertz CT molecular complexity index is 250. The van der Waals surface area contributed by atoms with Gasteiger partial charge in [-0.3, -0.25) is 10.1 Å². The molecule has 0 aromatic rings. The van der Waals surface area contributed by atoms with Gasteiger partial charge in [-0.25, -0.2) is 4.79 Å². The van der Waals surface area contributed by atoms with Crippen LogP contribution in [0.5, 0.6) is 0 Å². The van der Waals surface area contributed by atoms with E-state index in [1.54, 1.807) is 16.7 Å². The maximum Gasteiger partial charge on any atom is 0.324 e. The number of carbonyl (C=O) groups excluding carboxylic acids is 2. The van der Waals surface area contributed by atoms with Crippen molar-refractivity contribution in [1.29, 1.82) is 0 Å². The second kappa shape index (κ2) is 6.23. The van der Waals surface area contributed by atoms with E-state index in [0.29, 0.717) is 11.8 Å². The molecule has 1 N–H and O–H groups in total. The first-order chi connectivity index (χ1) is 7.17. The molecule has 1 fully saturated rings. The lowest BCUT2D eigenvalue weighted by molar-refractivity contribution is -0.117. The van der Waals surface area contributed by atoms with E-state index >= 15 is 0 Å². The third-order valence-electron chi connectivity index (χ3n) is 2.37. The molecular formula is C9H15ClN2O2S. The second-order valence-electron chi connectivity index (χ2n) is 3.43. The molecule has 0 spiro atoms. The Labute approximate surface area is 98.7 Å². The van der Waals surface area contributed by atoms with Crippen LogP contribution in [-0.2, 0) is 4.79 Å². The molecule has 0 saturated carbocycles. The van der Waals surface area contributed by atoms with E-state index in [1.807, 2.05) is 6.26 Å². The van der Waals surface area contributed by atoms with Crippen molar-refractivity contribution in [2.75, 3.05) is 25.2 Å². The number of imide groups is 1. The van der Waals surface area contributed by atoms with Crippen LogP contribution >= 0.6 is 23.4 Å². The van der Waals surface area contributed by atoms with E-state index in [4.69, 9.17) is 11.6 Å². The fourth-order valence-electron chi connectivity index (χ4n) is 1.55. The molecule has 0 radical (unpaired) electrons. The van der Waals surface area contributed by atoms with Gasteiger partial charge < -0.3 is 4.90 Å². The smallest absolute Gasteiger partial charge is 0.323 e. The van der Waals surface area contributed by atoms with Gasteiger partial charge in [-0.05, 0) is 19.1 Å². The number of thioether (sulfide) groups is 1. The van der Waals surface area contributed by atoms with Gasteiger partial charge in [0.05, 0.1) is 0 Å². The van der Waals surface area contributed by atoms with Crippen molar-refractivity contribution in [3.63, 3.8) is 0 Å². The number of hydrogen-bond acceptors (Lipinski definition) is 3. The van der Waals surface area contributed by atoms with Gasteiger partial charge in [-0.1, -0.05) is 0 Å². The minimum absolute atomic E-state index is 0.175. The highest BCUT2D eigenvalue weighted by Gasteiger charge is 2.23. The summed E-state index contributed by atoms with van der Waals surface area (Å²) in [5, 5.41) is 2.73. The van der Waals surface area contributed by atoms with Crippen LogP contribution in [0.4, 0.5) is 4.79 Å². The lowest BCUT2D eigenvalue weighted by atomic mass is 10.1. The van der Waals surface area contributed by atoms with Crippen LogP contribution in [0.2, 0.25) is 0 Å². The maximum absolute atomic E-state index is 11.6. The fourth-order valence-corrected chi connectivity index (χ4v) is 2.34.